The third kappa shape index (κ3) is 2.60. The van der Waals surface area contributed by atoms with Crippen LogP contribution in [-0.2, 0) is 0 Å². The summed E-state index contributed by atoms with van der Waals surface area (Å²) < 4.78 is 5.43. The molecule has 3 rings (SSSR count). The van der Waals surface area contributed by atoms with Crippen molar-refractivity contribution in [2.45, 2.75) is 6.04 Å². The third-order valence-electron chi connectivity index (χ3n) is 3.39. The zero-order valence-electron chi connectivity index (χ0n) is 10.8. The molecule has 7 heteroatoms. The van der Waals surface area contributed by atoms with E-state index in [0.29, 0.717) is 5.76 Å². The molecule has 1 N–H and O–H groups in total. The van der Waals surface area contributed by atoms with Crippen molar-refractivity contribution in [2.75, 3.05) is 26.2 Å². The normalized spacial score (nSPS) is 18.0. The number of rotatable bonds is 4. The fraction of sp³-hybridized carbons (Fsp3) is 0.385. The minimum Gasteiger partial charge on any atom is -0.404 e. The second-order valence-corrected chi connectivity index (χ2v) is 5.62. The maximum atomic E-state index is 10.8. The van der Waals surface area contributed by atoms with Crippen molar-refractivity contribution in [3.8, 4) is 0 Å². The van der Waals surface area contributed by atoms with Gasteiger partial charge in [0.15, 0.2) is 0 Å². The van der Waals surface area contributed by atoms with Gasteiger partial charge in [-0.3, -0.25) is 15.0 Å². The van der Waals surface area contributed by atoms with Crippen LogP contribution in [0.4, 0.5) is 5.88 Å². The highest BCUT2D eigenvalue weighted by Crippen LogP contribution is 2.34. The first kappa shape index (κ1) is 13.3. The Morgan fingerprint density at radius 2 is 2.15 bits per heavy atom. The monoisotopic (exact) mass is 293 g/mol. The van der Waals surface area contributed by atoms with E-state index in [1.165, 1.54) is 6.07 Å². The van der Waals surface area contributed by atoms with Gasteiger partial charge in [-0.25, -0.2) is 0 Å². The van der Waals surface area contributed by atoms with Gasteiger partial charge in [-0.1, -0.05) is 6.07 Å². The lowest BCUT2D eigenvalue weighted by atomic mass is 10.1. The fourth-order valence-corrected chi connectivity index (χ4v) is 3.34. The van der Waals surface area contributed by atoms with Gasteiger partial charge in [0.2, 0.25) is 0 Å². The zero-order valence-corrected chi connectivity index (χ0v) is 11.6. The Bertz CT molecular complexity index is 575. The standard InChI is InChI=1S/C13H15N3O3S/c17-16(18)12-4-3-10(19-12)13(11-2-1-9-20-11)15-7-5-14-6-8-15/h1-4,9,13-14H,5-8H2/t13-/m1/s1. The molecule has 2 aromatic heterocycles. The Morgan fingerprint density at radius 3 is 2.75 bits per heavy atom. The van der Waals surface area contributed by atoms with Crippen LogP contribution in [0, 0.1) is 10.1 Å². The SMILES string of the molecule is O=[N+]([O-])c1ccc([C@H](c2cccs2)N2CCNCC2)o1. The zero-order chi connectivity index (χ0) is 13.9. The van der Waals surface area contributed by atoms with E-state index in [4.69, 9.17) is 4.42 Å². The quantitative estimate of drug-likeness (QED) is 0.691. The van der Waals surface area contributed by atoms with Crippen molar-refractivity contribution in [2.24, 2.45) is 0 Å². The molecule has 2 aromatic rings. The molecule has 1 saturated heterocycles. The van der Waals surface area contributed by atoms with Crippen LogP contribution < -0.4 is 5.32 Å². The van der Waals surface area contributed by atoms with Gasteiger partial charge in [0.1, 0.15) is 16.7 Å². The molecule has 1 aliphatic rings. The lowest BCUT2D eigenvalue weighted by molar-refractivity contribution is -0.402. The van der Waals surface area contributed by atoms with Crippen molar-refractivity contribution < 1.29 is 9.34 Å². The maximum absolute atomic E-state index is 10.8. The van der Waals surface area contributed by atoms with Crippen LogP contribution in [-0.4, -0.2) is 36.0 Å². The van der Waals surface area contributed by atoms with Crippen molar-refractivity contribution >= 4 is 17.2 Å². The number of hydrogen-bond donors (Lipinski definition) is 1. The van der Waals surface area contributed by atoms with Gasteiger partial charge < -0.3 is 9.73 Å². The number of nitro groups is 1. The Labute approximate surface area is 120 Å². The molecule has 0 aromatic carbocycles. The van der Waals surface area contributed by atoms with E-state index >= 15 is 0 Å². The molecule has 1 fully saturated rings. The summed E-state index contributed by atoms with van der Waals surface area (Å²) in [4.78, 5) is 13.7. The highest BCUT2D eigenvalue weighted by Gasteiger charge is 2.28. The van der Waals surface area contributed by atoms with Crippen LogP contribution in [0.15, 0.2) is 34.1 Å². The molecule has 0 radical (unpaired) electrons. The molecule has 1 atom stereocenters. The molecule has 0 saturated carbocycles. The largest absolute Gasteiger partial charge is 0.433 e. The van der Waals surface area contributed by atoms with Crippen LogP contribution in [0.5, 0.6) is 0 Å². The molecule has 106 valence electrons. The van der Waals surface area contributed by atoms with Crippen LogP contribution in [0.3, 0.4) is 0 Å². The summed E-state index contributed by atoms with van der Waals surface area (Å²) in [6.07, 6.45) is 0. The summed E-state index contributed by atoms with van der Waals surface area (Å²) >= 11 is 1.65. The number of piperazine rings is 1. The minimum atomic E-state index is -0.493. The predicted octanol–water partition coefficient (Wildman–Crippen LogP) is 2.24. The number of thiophene rings is 1. The van der Waals surface area contributed by atoms with Crippen LogP contribution in [0.25, 0.3) is 0 Å². The first-order chi connectivity index (χ1) is 9.75. The number of hydrogen-bond acceptors (Lipinski definition) is 6. The van der Waals surface area contributed by atoms with E-state index < -0.39 is 4.92 Å². The first-order valence-electron chi connectivity index (χ1n) is 6.48. The highest BCUT2D eigenvalue weighted by molar-refractivity contribution is 7.10. The van der Waals surface area contributed by atoms with Crippen LogP contribution in [0.1, 0.15) is 16.7 Å². The minimum absolute atomic E-state index is 0.0363. The smallest absolute Gasteiger partial charge is 0.404 e. The van der Waals surface area contributed by atoms with Gasteiger partial charge in [-0.05, 0) is 17.5 Å². The molecule has 1 aliphatic heterocycles. The molecule has 0 bridgehead atoms. The second-order valence-electron chi connectivity index (χ2n) is 4.64. The lowest BCUT2D eigenvalue weighted by Crippen LogP contribution is -2.45. The maximum Gasteiger partial charge on any atom is 0.433 e. The molecule has 0 aliphatic carbocycles. The Hall–Kier alpha value is -1.70. The molecule has 0 unspecified atom stereocenters. The summed E-state index contributed by atoms with van der Waals surface area (Å²) in [5.41, 5.74) is 0. The van der Waals surface area contributed by atoms with E-state index in [1.54, 1.807) is 17.4 Å². The van der Waals surface area contributed by atoms with E-state index in [1.807, 2.05) is 17.5 Å². The second kappa shape index (κ2) is 5.74. The molecular weight excluding hydrogens is 278 g/mol. The van der Waals surface area contributed by atoms with Crippen molar-refractivity contribution in [1.82, 2.24) is 10.2 Å². The van der Waals surface area contributed by atoms with Crippen LogP contribution >= 0.6 is 11.3 Å². The summed E-state index contributed by atoms with van der Waals surface area (Å²) in [7, 11) is 0. The van der Waals surface area contributed by atoms with Crippen molar-refractivity contribution in [1.29, 1.82) is 0 Å². The number of furan rings is 1. The van der Waals surface area contributed by atoms with Crippen molar-refractivity contribution in [3.63, 3.8) is 0 Å². The van der Waals surface area contributed by atoms with Crippen LogP contribution in [0.2, 0.25) is 0 Å². The van der Waals surface area contributed by atoms with Gasteiger partial charge in [0, 0.05) is 31.1 Å². The summed E-state index contributed by atoms with van der Waals surface area (Å²) in [6, 6.07) is 7.15. The Kier molecular flexibility index (Phi) is 3.81. The molecule has 6 nitrogen and oxygen atoms in total. The Balaban J connectivity index is 1.93. The van der Waals surface area contributed by atoms with E-state index in [9.17, 15) is 10.1 Å². The summed E-state index contributed by atoms with van der Waals surface area (Å²) in [5, 5.41) is 16.1. The van der Waals surface area contributed by atoms with E-state index in [2.05, 4.69) is 10.2 Å². The Morgan fingerprint density at radius 1 is 1.35 bits per heavy atom. The molecule has 0 spiro atoms. The lowest BCUT2D eigenvalue weighted by Gasteiger charge is -2.33. The average Bonchev–Trinajstić information content (AvgIpc) is 3.12. The molecule has 20 heavy (non-hydrogen) atoms. The third-order valence-corrected chi connectivity index (χ3v) is 4.32. The molecule has 0 amide bonds. The summed E-state index contributed by atoms with van der Waals surface area (Å²) in [5.74, 6) is 0.442. The van der Waals surface area contributed by atoms with Crippen molar-refractivity contribution in [3.05, 3.63) is 50.4 Å². The van der Waals surface area contributed by atoms with Gasteiger partial charge in [0.05, 0.1) is 6.07 Å². The van der Waals surface area contributed by atoms with E-state index in [0.717, 1.165) is 31.1 Å². The van der Waals surface area contributed by atoms with E-state index in [-0.39, 0.29) is 11.9 Å². The van der Waals surface area contributed by atoms with Gasteiger partial charge in [-0.15, -0.1) is 11.3 Å². The topological polar surface area (TPSA) is 71.6 Å². The fourth-order valence-electron chi connectivity index (χ4n) is 2.47. The molecule has 3 heterocycles. The van der Waals surface area contributed by atoms with Gasteiger partial charge in [-0.2, -0.15) is 0 Å². The number of nitrogens with zero attached hydrogens (tertiary/aromatic N) is 2. The molecular formula is C13H15N3O3S. The average molecular weight is 293 g/mol. The van der Waals surface area contributed by atoms with Gasteiger partial charge in [0.25, 0.3) is 0 Å². The first-order valence-corrected chi connectivity index (χ1v) is 7.36. The number of nitrogens with one attached hydrogen (secondary N) is 1. The highest BCUT2D eigenvalue weighted by atomic mass is 32.1. The van der Waals surface area contributed by atoms with Gasteiger partial charge >= 0.3 is 5.88 Å². The predicted molar refractivity (Wildman–Crippen MR) is 76.0 cm³/mol. The summed E-state index contributed by atoms with van der Waals surface area (Å²) in [6.45, 7) is 3.64.